The molecular formula is C5H11FO. The molecule has 0 aliphatic heterocycles. The third-order valence-corrected chi connectivity index (χ3v) is 0.507. The van der Waals surface area contributed by atoms with Gasteiger partial charge in [0.15, 0.2) is 0 Å². The average Bonchev–Trinajstić information content (AvgIpc) is 2.25. The molecule has 1 N–H and O–H groups in total. The Hall–Kier alpha value is -0.110. The second kappa shape index (κ2) is 4.06. The molecule has 7 heavy (non-hydrogen) atoms. The van der Waals surface area contributed by atoms with E-state index in [0.29, 0.717) is 0 Å². The Kier molecular flexibility index (Phi) is 4.00. The second-order valence-corrected chi connectivity index (χ2v) is 1.49. The van der Waals surface area contributed by atoms with Gasteiger partial charge in [-0.15, -0.1) is 0 Å². The van der Waals surface area contributed by atoms with Gasteiger partial charge in [0.25, 0.3) is 0 Å². The van der Waals surface area contributed by atoms with Gasteiger partial charge in [-0.25, -0.2) is 4.39 Å². The Labute approximate surface area is 43.2 Å². The van der Waals surface area contributed by atoms with Crippen LogP contribution in [0.1, 0.15) is 19.8 Å². The summed E-state index contributed by atoms with van der Waals surface area (Å²) >= 11 is 0. The summed E-state index contributed by atoms with van der Waals surface area (Å²) in [5.41, 5.74) is 0. The van der Waals surface area contributed by atoms with Crippen LogP contribution in [0.3, 0.4) is 0 Å². The normalized spacial score (nSPS) is 17.6. The van der Waals surface area contributed by atoms with E-state index in [4.69, 9.17) is 5.11 Å². The highest BCUT2D eigenvalue weighted by molar-refractivity contribution is 4.69. The summed E-state index contributed by atoms with van der Waals surface area (Å²) in [7, 11) is 0. The van der Waals surface area contributed by atoms with Gasteiger partial charge in [0.05, 0.1) is 0 Å². The highest BCUT2D eigenvalue weighted by Crippen LogP contribution is 2.22. The van der Waals surface area contributed by atoms with Gasteiger partial charge in [-0.05, 0) is 19.8 Å². The molecule has 1 rings (SSSR count). The zero-order valence-corrected chi connectivity index (χ0v) is 4.52. The predicted molar refractivity (Wildman–Crippen MR) is 26.9 cm³/mol. The molecule has 1 fully saturated rings. The van der Waals surface area contributed by atoms with Gasteiger partial charge in [-0.2, -0.15) is 0 Å². The van der Waals surface area contributed by atoms with E-state index in [1.54, 1.807) is 6.92 Å². The Bertz CT molecular complexity index is 35.1. The Morgan fingerprint density at radius 3 is 1.86 bits per heavy atom. The minimum absolute atomic E-state index is 0.250. The summed E-state index contributed by atoms with van der Waals surface area (Å²) in [6.45, 7) is 1.93. The van der Waals surface area contributed by atoms with Gasteiger partial charge in [0.1, 0.15) is 6.17 Å². The third kappa shape index (κ3) is 10.7. The van der Waals surface area contributed by atoms with Crippen molar-refractivity contribution in [1.29, 1.82) is 0 Å². The molecule has 0 saturated heterocycles. The maximum atomic E-state index is 11.1. The Balaban J connectivity index is 0.000000110. The number of halogens is 1. The molecule has 1 aliphatic carbocycles. The fraction of sp³-hybridized carbons (Fsp3) is 1.00. The SMILES string of the molecule is CCO.FC1CC1. The molecular weight excluding hydrogens is 95.1 g/mol. The van der Waals surface area contributed by atoms with Crippen LogP contribution in [0.15, 0.2) is 0 Å². The zero-order chi connectivity index (χ0) is 5.70. The van der Waals surface area contributed by atoms with Gasteiger partial charge in [0, 0.05) is 6.61 Å². The number of hydrogen-bond donors (Lipinski definition) is 1. The fourth-order valence-electron chi connectivity index (χ4n) is 0.0630. The first kappa shape index (κ1) is 6.89. The minimum Gasteiger partial charge on any atom is -0.397 e. The number of aliphatic hydroxyl groups excluding tert-OH is 1. The molecule has 0 unspecified atom stereocenters. The van der Waals surface area contributed by atoms with Crippen LogP contribution < -0.4 is 0 Å². The topological polar surface area (TPSA) is 20.2 Å². The summed E-state index contributed by atoms with van der Waals surface area (Å²) in [6, 6.07) is 0. The van der Waals surface area contributed by atoms with Crippen molar-refractivity contribution in [3.63, 3.8) is 0 Å². The molecule has 2 heteroatoms. The first-order chi connectivity index (χ1) is 3.31. The lowest BCUT2D eigenvalue weighted by Crippen LogP contribution is -1.57. The largest absolute Gasteiger partial charge is 0.397 e. The van der Waals surface area contributed by atoms with E-state index < -0.39 is 6.17 Å². The molecule has 44 valence electrons. The molecule has 1 nitrogen and oxygen atoms in total. The van der Waals surface area contributed by atoms with Crippen LogP contribution in [0.2, 0.25) is 0 Å². The van der Waals surface area contributed by atoms with E-state index in [1.807, 2.05) is 0 Å². The molecule has 0 aromatic rings. The lowest BCUT2D eigenvalue weighted by atomic mass is 10.9. The molecule has 0 atom stereocenters. The van der Waals surface area contributed by atoms with Gasteiger partial charge >= 0.3 is 0 Å². The summed E-state index contributed by atoms with van der Waals surface area (Å²) in [5.74, 6) is 0. The highest BCUT2D eigenvalue weighted by atomic mass is 19.1. The van der Waals surface area contributed by atoms with Crippen LogP contribution >= 0.6 is 0 Å². The highest BCUT2D eigenvalue weighted by Gasteiger charge is 2.18. The van der Waals surface area contributed by atoms with E-state index in [9.17, 15) is 4.39 Å². The van der Waals surface area contributed by atoms with Crippen molar-refractivity contribution < 1.29 is 9.50 Å². The van der Waals surface area contributed by atoms with E-state index in [2.05, 4.69) is 0 Å². The molecule has 0 heterocycles. The minimum atomic E-state index is -0.417. The molecule has 0 spiro atoms. The summed E-state index contributed by atoms with van der Waals surface area (Å²) in [4.78, 5) is 0. The smallest absolute Gasteiger partial charge is 0.100 e. The van der Waals surface area contributed by atoms with Crippen molar-refractivity contribution in [2.45, 2.75) is 25.9 Å². The van der Waals surface area contributed by atoms with E-state index in [1.165, 1.54) is 0 Å². The lowest BCUT2D eigenvalue weighted by molar-refractivity contribution is 0.318. The van der Waals surface area contributed by atoms with Crippen LogP contribution in [0.5, 0.6) is 0 Å². The molecule has 1 aliphatic rings. The summed E-state index contributed by atoms with van der Waals surface area (Å²) in [5, 5.41) is 7.57. The van der Waals surface area contributed by atoms with Crippen LogP contribution in [0.4, 0.5) is 4.39 Å². The van der Waals surface area contributed by atoms with Crippen molar-refractivity contribution in [2.24, 2.45) is 0 Å². The lowest BCUT2D eigenvalue weighted by Gasteiger charge is -1.52. The number of aliphatic hydroxyl groups is 1. The summed E-state index contributed by atoms with van der Waals surface area (Å²) in [6.07, 6.45) is 1.22. The van der Waals surface area contributed by atoms with E-state index in [0.717, 1.165) is 12.8 Å². The van der Waals surface area contributed by atoms with Crippen LogP contribution in [-0.2, 0) is 0 Å². The quantitative estimate of drug-likeness (QED) is 0.490. The monoisotopic (exact) mass is 106 g/mol. The van der Waals surface area contributed by atoms with Crippen molar-refractivity contribution in [1.82, 2.24) is 0 Å². The van der Waals surface area contributed by atoms with Crippen molar-refractivity contribution in [2.75, 3.05) is 6.61 Å². The maximum absolute atomic E-state index is 11.1. The average molecular weight is 106 g/mol. The first-order valence-corrected chi connectivity index (χ1v) is 2.56. The van der Waals surface area contributed by atoms with Gasteiger partial charge in [-0.1, -0.05) is 0 Å². The molecule has 0 aromatic heterocycles. The van der Waals surface area contributed by atoms with Crippen molar-refractivity contribution in [3.05, 3.63) is 0 Å². The molecule has 0 bridgehead atoms. The maximum Gasteiger partial charge on any atom is 0.100 e. The van der Waals surface area contributed by atoms with Gasteiger partial charge in [0.2, 0.25) is 0 Å². The molecule has 0 radical (unpaired) electrons. The zero-order valence-electron chi connectivity index (χ0n) is 4.52. The van der Waals surface area contributed by atoms with Crippen LogP contribution in [-0.4, -0.2) is 17.9 Å². The van der Waals surface area contributed by atoms with Gasteiger partial charge < -0.3 is 5.11 Å². The van der Waals surface area contributed by atoms with E-state index >= 15 is 0 Å². The summed E-state index contributed by atoms with van der Waals surface area (Å²) < 4.78 is 11.1. The number of rotatable bonds is 0. The van der Waals surface area contributed by atoms with Crippen molar-refractivity contribution >= 4 is 0 Å². The van der Waals surface area contributed by atoms with Crippen LogP contribution in [0, 0.1) is 0 Å². The Morgan fingerprint density at radius 1 is 1.71 bits per heavy atom. The molecule has 0 amide bonds. The fourth-order valence-corrected chi connectivity index (χ4v) is 0.0630. The second-order valence-electron chi connectivity index (χ2n) is 1.49. The van der Waals surface area contributed by atoms with Gasteiger partial charge in [-0.3, -0.25) is 0 Å². The Morgan fingerprint density at radius 2 is 1.86 bits per heavy atom. The first-order valence-electron chi connectivity index (χ1n) is 2.56. The van der Waals surface area contributed by atoms with Crippen molar-refractivity contribution in [3.8, 4) is 0 Å². The van der Waals surface area contributed by atoms with Crippen LogP contribution in [0.25, 0.3) is 0 Å². The molecule has 0 aromatic carbocycles. The standard InChI is InChI=1S/C3H5F.C2H6O/c4-3-1-2-3;1-2-3/h3H,1-2H2;3H,2H2,1H3. The third-order valence-electron chi connectivity index (χ3n) is 0.507. The van der Waals surface area contributed by atoms with E-state index in [-0.39, 0.29) is 6.61 Å². The number of hydrogen-bond acceptors (Lipinski definition) is 1. The predicted octanol–water partition coefficient (Wildman–Crippen LogP) is 1.12. The number of alkyl halides is 1. The molecule has 1 saturated carbocycles.